The highest BCUT2D eigenvalue weighted by atomic mass is 16.3. The second-order valence-corrected chi connectivity index (χ2v) is 2.02. The summed E-state index contributed by atoms with van der Waals surface area (Å²) < 4.78 is 0. The molecule has 0 heterocycles. The predicted molar refractivity (Wildman–Crippen MR) is 45.9 cm³/mol. The number of nitrogens with two attached hydrogens (primary N) is 2. The van der Waals surface area contributed by atoms with E-state index in [-0.39, 0.29) is 0 Å². The van der Waals surface area contributed by atoms with Crippen LogP contribution in [0.3, 0.4) is 0 Å². The van der Waals surface area contributed by atoms with Crippen molar-refractivity contribution in [2.24, 2.45) is 11.7 Å². The second-order valence-electron chi connectivity index (χ2n) is 2.02. The fourth-order valence-electron chi connectivity index (χ4n) is 0.732. The minimum atomic E-state index is 0.340. The van der Waals surface area contributed by atoms with Gasteiger partial charge in [0.05, 0.1) is 0 Å². The van der Waals surface area contributed by atoms with Crippen molar-refractivity contribution >= 4 is 0 Å². The van der Waals surface area contributed by atoms with Crippen LogP contribution in [0.25, 0.3) is 0 Å². The standard InChI is InChI=1S/C8H10O.H4N2/c1-2-7-3-5-8(9)6-4-7;1-2/h3-6,9H,2H2,1H3;1-2H2. The van der Waals surface area contributed by atoms with Crippen molar-refractivity contribution in [1.29, 1.82) is 0 Å². The summed E-state index contributed by atoms with van der Waals surface area (Å²) in [5, 5.41) is 8.85. The molecule has 0 radical (unpaired) electrons. The van der Waals surface area contributed by atoms with Crippen LogP contribution in [0.5, 0.6) is 5.75 Å². The first kappa shape index (κ1) is 9.94. The molecule has 0 bridgehead atoms. The van der Waals surface area contributed by atoms with Gasteiger partial charge in [0.2, 0.25) is 0 Å². The Kier molecular flexibility index (Phi) is 5.15. The molecule has 62 valence electrons. The van der Waals surface area contributed by atoms with Gasteiger partial charge in [0, 0.05) is 0 Å². The molecule has 0 atom stereocenters. The Labute approximate surface area is 66.6 Å². The highest BCUT2D eigenvalue weighted by Crippen LogP contribution is 2.09. The van der Waals surface area contributed by atoms with Crippen molar-refractivity contribution in [3.8, 4) is 5.75 Å². The van der Waals surface area contributed by atoms with Crippen LogP contribution in [0.1, 0.15) is 12.5 Å². The van der Waals surface area contributed by atoms with Crippen LogP contribution < -0.4 is 11.7 Å². The zero-order valence-corrected chi connectivity index (χ0v) is 6.62. The summed E-state index contributed by atoms with van der Waals surface area (Å²) in [7, 11) is 0. The predicted octanol–water partition coefficient (Wildman–Crippen LogP) is 0.773. The number of phenolic OH excluding ortho intramolecular Hbond substituents is 1. The van der Waals surface area contributed by atoms with Gasteiger partial charge in [0.25, 0.3) is 0 Å². The molecule has 0 amide bonds. The normalized spacial score (nSPS) is 8.27. The fourth-order valence-corrected chi connectivity index (χ4v) is 0.732. The van der Waals surface area contributed by atoms with Gasteiger partial charge < -0.3 is 5.11 Å². The van der Waals surface area contributed by atoms with Gasteiger partial charge >= 0.3 is 0 Å². The fraction of sp³-hybridized carbons (Fsp3) is 0.250. The average Bonchev–Trinajstić information content (AvgIpc) is 2.10. The van der Waals surface area contributed by atoms with Crippen LogP contribution in [0.4, 0.5) is 0 Å². The van der Waals surface area contributed by atoms with Crippen LogP contribution in [0.15, 0.2) is 24.3 Å². The monoisotopic (exact) mass is 154 g/mol. The molecule has 0 aliphatic rings. The first-order chi connectivity index (χ1) is 5.33. The number of rotatable bonds is 1. The number of aromatic hydroxyl groups is 1. The highest BCUT2D eigenvalue weighted by molar-refractivity contribution is 5.25. The van der Waals surface area contributed by atoms with Crippen molar-refractivity contribution in [1.82, 2.24) is 0 Å². The summed E-state index contributed by atoms with van der Waals surface area (Å²) >= 11 is 0. The van der Waals surface area contributed by atoms with Gasteiger partial charge in [-0.05, 0) is 24.1 Å². The van der Waals surface area contributed by atoms with Crippen LogP contribution >= 0.6 is 0 Å². The van der Waals surface area contributed by atoms with Gasteiger partial charge in [-0.1, -0.05) is 19.1 Å². The molecular formula is C8H14N2O. The molecule has 0 spiro atoms. The third kappa shape index (κ3) is 3.60. The molecule has 0 fully saturated rings. The maximum atomic E-state index is 8.85. The summed E-state index contributed by atoms with van der Waals surface area (Å²) in [6, 6.07) is 7.27. The quantitative estimate of drug-likeness (QED) is 0.413. The lowest BCUT2D eigenvalue weighted by molar-refractivity contribution is 0.475. The molecule has 0 unspecified atom stereocenters. The van der Waals surface area contributed by atoms with E-state index in [1.807, 2.05) is 12.1 Å². The van der Waals surface area contributed by atoms with E-state index < -0.39 is 0 Å². The van der Waals surface area contributed by atoms with E-state index in [0.29, 0.717) is 5.75 Å². The second kappa shape index (κ2) is 5.70. The molecule has 1 aromatic carbocycles. The Morgan fingerprint density at radius 3 is 2.00 bits per heavy atom. The van der Waals surface area contributed by atoms with E-state index in [0.717, 1.165) is 6.42 Å². The zero-order chi connectivity index (χ0) is 8.69. The Bertz CT molecular complexity index is 184. The van der Waals surface area contributed by atoms with Crippen molar-refractivity contribution in [3.63, 3.8) is 0 Å². The highest BCUT2D eigenvalue weighted by Gasteiger charge is 1.86. The number of hydrogen-bond acceptors (Lipinski definition) is 3. The third-order valence-corrected chi connectivity index (χ3v) is 1.34. The molecule has 11 heavy (non-hydrogen) atoms. The van der Waals surface area contributed by atoms with Crippen LogP contribution in [-0.2, 0) is 6.42 Å². The van der Waals surface area contributed by atoms with Gasteiger partial charge in [-0.15, -0.1) is 0 Å². The van der Waals surface area contributed by atoms with E-state index in [1.165, 1.54) is 5.56 Å². The molecule has 0 saturated carbocycles. The number of phenols is 1. The molecule has 3 nitrogen and oxygen atoms in total. The van der Waals surface area contributed by atoms with Crippen LogP contribution in [0.2, 0.25) is 0 Å². The number of hydrazine groups is 1. The largest absolute Gasteiger partial charge is 0.508 e. The van der Waals surface area contributed by atoms with Gasteiger partial charge in [0.1, 0.15) is 5.75 Å². The number of aryl methyl sites for hydroxylation is 1. The summed E-state index contributed by atoms with van der Waals surface area (Å²) in [4.78, 5) is 0. The summed E-state index contributed by atoms with van der Waals surface area (Å²) in [5.74, 6) is 8.34. The summed E-state index contributed by atoms with van der Waals surface area (Å²) in [6.45, 7) is 2.09. The third-order valence-electron chi connectivity index (χ3n) is 1.34. The first-order valence-electron chi connectivity index (χ1n) is 3.44. The SMILES string of the molecule is CCc1ccc(O)cc1.NN. The molecule has 0 aliphatic heterocycles. The molecule has 1 aromatic rings. The molecule has 0 aliphatic carbocycles. The smallest absolute Gasteiger partial charge is 0.115 e. The molecular weight excluding hydrogens is 140 g/mol. The van der Waals surface area contributed by atoms with E-state index in [1.54, 1.807) is 12.1 Å². The zero-order valence-electron chi connectivity index (χ0n) is 6.62. The lowest BCUT2D eigenvalue weighted by Gasteiger charge is -1.93. The van der Waals surface area contributed by atoms with Crippen molar-refractivity contribution in [2.45, 2.75) is 13.3 Å². The lowest BCUT2D eigenvalue weighted by Crippen LogP contribution is -2.02. The molecule has 0 aromatic heterocycles. The average molecular weight is 154 g/mol. The molecule has 3 heteroatoms. The van der Waals surface area contributed by atoms with E-state index in [9.17, 15) is 0 Å². The lowest BCUT2D eigenvalue weighted by atomic mass is 10.2. The Hall–Kier alpha value is -1.06. The van der Waals surface area contributed by atoms with Crippen molar-refractivity contribution < 1.29 is 5.11 Å². The van der Waals surface area contributed by atoms with Gasteiger partial charge in [0.15, 0.2) is 0 Å². The molecule has 5 N–H and O–H groups in total. The van der Waals surface area contributed by atoms with Gasteiger partial charge in [-0.25, -0.2) is 0 Å². The van der Waals surface area contributed by atoms with Crippen LogP contribution in [-0.4, -0.2) is 5.11 Å². The van der Waals surface area contributed by atoms with Crippen molar-refractivity contribution in [2.75, 3.05) is 0 Å². The van der Waals surface area contributed by atoms with E-state index >= 15 is 0 Å². The maximum Gasteiger partial charge on any atom is 0.115 e. The topological polar surface area (TPSA) is 72.3 Å². The van der Waals surface area contributed by atoms with Gasteiger partial charge in [-0.2, -0.15) is 0 Å². The van der Waals surface area contributed by atoms with Gasteiger partial charge in [-0.3, -0.25) is 11.7 Å². The Morgan fingerprint density at radius 2 is 1.64 bits per heavy atom. The minimum Gasteiger partial charge on any atom is -0.508 e. The van der Waals surface area contributed by atoms with E-state index in [2.05, 4.69) is 18.6 Å². The number of hydrogen-bond donors (Lipinski definition) is 3. The van der Waals surface area contributed by atoms with Crippen LogP contribution in [0, 0.1) is 0 Å². The first-order valence-corrected chi connectivity index (χ1v) is 3.44. The van der Waals surface area contributed by atoms with E-state index in [4.69, 9.17) is 5.11 Å². The summed E-state index contributed by atoms with van der Waals surface area (Å²) in [5.41, 5.74) is 1.26. The molecule has 0 saturated heterocycles. The maximum absolute atomic E-state index is 8.85. The Balaban J connectivity index is 0.000000461. The summed E-state index contributed by atoms with van der Waals surface area (Å²) in [6.07, 6.45) is 1.03. The Morgan fingerprint density at radius 1 is 1.18 bits per heavy atom. The van der Waals surface area contributed by atoms with Crippen molar-refractivity contribution in [3.05, 3.63) is 29.8 Å². The minimum absolute atomic E-state index is 0.340. The number of benzene rings is 1. The molecule has 1 rings (SSSR count).